The van der Waals surface area contributed by atoms with Crippen LogP contribution in [0.1, 0.15) is 64.8 Å². The first-order valence-corrected chi connectivity index (χ1v) is 20.7. The lowest BCUT2D eigenvalue weighted by Crippen LogP contribution is -2.34. The van der Waals surface area contributed by atoms with E-state index in [1.165, 1.54) is 12.1 Å². The van der Waals surface area contributed by atoms with E-state index in [9.17, 15) is 25.5 Å². The summed E-state index contributed by atoms with van der Waals surface area (Å²) in [4.78, 5) is 0. The Bertz CT molecular complexity index is 3070. The highest BCUT2D eigenvalue weighted by Gasteiger charge is 2.29. The number of aromatic amines is 2. The van der Waals surface area contributed by atoms with E-state index in [0.717, 1.165) is 22.0 Å². The van der Waals surface area contributed by atoms with Crippen LogP contribution in [-0.4, -0.2) is 65.8 Å². The van der Waals surface area contributed by atoms with Crippen LogP contribution in [0.15, 0.2) is 73.1 Å². The molecular weight excluding hydrogens is 801 g/mol. The van der Waals surface area contributed by atoms with Gasteiger partial charge in [0.25, 0.3) is 5.82 Å². The van der Waals surface area contributed by atoms with Crippen molar-refractivity contribution >= 4 is 46.2 Å². The first-order chi connectivity index (χ1) is 28.7. The minimum absolute atomic E-state index is 0.00490. The first kappa shape index (κ1) is 40.3. The van der Waals surface area contributed by atoms with Crippen LogP contribution in [0.5, 0.6) is 34.5 Å². The van der Waals surface area contributed by atoms with Gasteiger partial charge in [-0.1, -0.05) is 13.8 Å². The van der Waals surface area contributed by atoms with Gasteiger partial charge in [0, 0.05) is 47.4 Å². The highest BCUT2D eigenvalue weighted by molar-refractivity contribution is 7.71. The number of hydrogen-bond donors (Lipinski definition) is 7. The molecule has 0 aliphatic heterocycles. The summed E-state index contributed by atoms with van der Waals surface area (Å²) in [6, 6.07) is 17.5. The predicted octanol–water partition coefficient (Wildman–Crippen LogP) is 9.20. The third-order valence-electron chi connectivity index (χ3n) is 11.0. The van der Waals surface area contributed by atoms with Crippen LogP contribution in [0.2, 0.25) is 0 Å². The summed E-state index contributed by atoms with van der Waals surface area (Å²) < 4.78 is 16.9. The third-order valence-corrected chi connectivity index (χ3v) is 11.6. The number of aromatic hydroxyl groups is 5. The Labute approximate surface area is 355 Å². The number of ether oxygens (including phenoxy) is 1. The fourth-order valence-electron chi connectivity index (χ4n) is 8.06. The first-order valence-electron chi connectivity index (χ1n) is 19.9. The number of hydrogen-bond acceptors (Lipinski definition) is 9. The molecule has 8 aromatic rings. The van der Waals surface area contributed by atoms with E-state index in [1.807, 2.05) is 78.2 Å². The molecule has 16 heteroatoms. The van der Waals surface area contributed by atoms with Gasteiger partial charge in [0.2, 0.25) is 0 Å². The molecule has 0 spiro atoms. The van der Waals surface area contributed by atoms with Crippen molar-refractivity contribution in [1.29, 1.82) is 0 Å². The number of rotatable bonds is 12. The SMILES string of the molecule is CCc1cc(-c2n[nH]c(=S)n2-c2ccc(OCCn3[nH]c(=S)[n+](-c4ccc(O)c5c4ccn5C(C)C)c3-c3cc(CC)c(O)cc3O)c3c2ccn3C(C)C)c(O)cc1O. The molecule has 4 aromatic heterocycles. The molecule has 0 unspecified atom stereocenters. The number of aryl methyl sites for hydroxylation is 2. The van der Waals surface area contributed by atoms with Crippen LogP contribution < -0.4 is 9.30 Å². The molecular formula is C44H47N8O6S2+. The second-order valence-corrected chi connectivity index (χ2v) is 16.1. The molecule has 0 aliphatic carbocycles. The van der Waals surface area contributed by atoms with Crippen LogP contribution in [0, 0.1) is 9.54 Å². The van der Waals surface area contributed by atoms with Crippen molar-refractivity contribution in [3.05, 3.63) is 93.7 Å². The number of nitrogens with one attached hydrogen (secondary N) is 2. The summed E-state index contributed by atoms with van der Waals surface area (Å²) in [6.45, 7) is 12.6. The van der Waals surface area contributed by atoms with Gasteiger partial charge in [0.1, 0.15) is 53.3 Å². The van der Waals surface area contributed by atoms with Gasteiger partial charge in [0.15, 0.2) is 10.6 Å². The highest BCUT2D eigenvalue weighted by Crippen LogP contribution is 2.40. The zero-order chi connectivity index (χ0) is 42.7. The molecule has 0 radical (unpaired) electrons. The van der Waals surface area contributed by atoms with Crippen LogP contribution in [-0.2, 0) is 19.4 Å². The molecule has 0 aliphatic rings. The molecule has 8 rings (SSSR count). The Morgan fingerprint density at radius 3 is 1.98 bits per heavy atom. The minimum atomic E-state index is -0.132. The lowest BCUT2D eigenvalue weighted by atomic mass is 10.1. The molecule has 0 saturated carbocycles. The fourth-order valence-corrected chi connectivity index (χ4v) is 8.58. The maximum absolute atomic E-state index is 11.4. The quantitative estimate of drug-likeness (QED) is 0.0467. The van der Waals surface area contributed by atoms with Crippen molar-refractivity contribution in [3.63, 3.8) is 0 Å². The molecule has 0 fully saturated rings. The maximum atomic E-state index is 11.4. The van der Waals surface area contributed by atoms with Gasteiger partial charge >= 0.3 is 4.77 Å². The number of phenolic OH excluding ortho intramolecular Hbond substituents is 5. The van der Waals surface area contributed by atoms with Crippen molar-refractivity contribution in [2.75, 3.05) is 6.61 Å². The largest absolute Gasteiger partial charge is 0.508 e. The zero-order valence-corrected chi connectivity index (χ0v) is 35.7. The average Bonchev–Trinajstić information content (AvgIpc) is 4.01. The van der Waals surface area contributed by atoms with E-state index in [2.05, 4.69) is 33.7 Å². The minimum Gasteiger partial charge on any atom is -0.508 e. The Balaban J connectivity index is 1.22. The molecule has 60 heavy (non-hydrogen) atoms. The van der Waals surface area contributed by atoms with Crippen molar-refractivity contribution in [2.24, 2.45) is 0 Å². The maximum Gasteiger partial charge on any atom is 0.328 e. The predicted molar refractivity (Wildman–Crippen MR) is 235 cm³/mol. The molecule has 0 atom stereocenters. The fraction of sp³-hybridized carbons (Fsp3) is 0.273. The molecule has 0 bridgehead atoms. The molecule has 7 N–H and O–H groups in total. The van der Waals surface area contributed by atoms with Crippen LogP contribution in [0.3, 0.4) is 0 Å². The lowest BCUT2D eigenvalue weighted by molar-refractivity contribution is -0.590. The number of aromatic nitrogens is 8. The van der Waals surface area contributed by atoms with Crippen molar-refractivity contribution in [3.8, 4) is 68.6 Å². The van der Waals surface area contributed by atoms with Crippen LogP contribution >= 0.6 is 24.4 Å². The Kier molecular flexibility index (Phi) is 10.5. The van der Waals surface area contributed by atoms with Gasteiger partial charge in [-0.2, -0.15) is 9.67 Å². The summed E-state index contributed by atoms with van der Waals surface area (Å²) >= 11 is 11.8. The number of fused-ring (bicyclic) bond motifs is 2. The third kappa shape index (κ3) is 6.65. The highest BCUT2D eigenvalue weighted by atomic mass is 32.1. The molecule has 0 saturated heterocycles. The zero-order valence-electron chi connectivity index (χ0n) is 34.1. The van der Waals surface area contributed by atoms with Crippen molar-refractivity contribution < 1.29 is 34.8 Å². The average molecular weight is 848 g/mol. The van der Waals surface area contributed by atoms with Gasteiger partial charge in [0.05, 0.1) is 27.8 Å². The van der Waals surface area contributed by atoms with Crippen LogP contribution in [0.4, 0.5) is 0 Å². The number of phenols is 5. The van der Waals surface area contributed by atoms with Gasteiger partial charge in [-0.05, 0) is 125 Å². The molecule has 4 heterocycles. The number of H-pyrrole nitrogens is 2. The van der Waals surface area contributed by atoms with E-state index in [4.69, 9.17) is 29.2 Å². The van der Waals surface area contributed by atoms with E-state index < -0.39 is 0 Å². The van der Waals surface area contributed by atoms with Gasteiger partial charge < -0.3 is 39.4 Å². The van der Waals surface area contributed by atoms with Crippen molar-refractivity contribution in [1.82, 2.24) is 33.7 Å². The summed E-state index contributed by atoms with van der Waals surface area (Å²) in [7, 11) is 0. The second kappa shape index (κ2) is 15.6. The molecule has 4 aromatic carbocycles. The smallest absolute Gasteiger partial charge is 0.328 e. The molecule has 0 amide bonds. The van der Waals surface area contributed by atoms with Gasteiger partial charge in [-0.15, -0.1) is 9.78 Å². The van der Waals surface area contributed by atoms with Gasteiger partial charge in [-0.3, -0.25) is 9.67 Å². The Morgan fingerprint density at radius 1 is 0.717 bits per heavy atom. The Hall–Kier alpha value is -6.52. The summed E-state index contributed by atoms with van der Waals surface area (Å²) in [5.74, 6) is 1.40. The topological polar surface area (TPSA) is 178 Å². The van der Waals surface area contributed by atoms with Crippen molar-refractivity contribution in [2.45, 2.75) is 73.0 Å². The summed E-state index contributed by atoms with van der Waals surface area (Å²) in [5, 5.41) is 66.7. The second-order valence-electron chi connectivity index (χ2n) is 15.3. The van der Waals surface area contributed by atoms with Gasteiger partial charge in [-0.25, -0.2) is 0 Å². The molecule has 310 valence electrons. The van der Waals surface area contributed by atoms with E-state index in [1.54, 1.807) is 28.8 Å². The summed E-state index contributed by atoms with van der Waals surface area (Å²) in [5.41, 5.74) is 5.06. The standard InChI is InChI=1S/C44H46N8O6S2/c1-7-25-19-29(36(56)21-34(25)54)41-45-46-43(59)51(41)31-10-12-38(40-28(31)14-16-49(40)24(5)6)58-18-17-50-42(30-20-26(8-2)35(55)22-37(30)57)52(44(60)47-50)32-9-11-33(53)39-27(32)13-15-48(39)23(3)4/h9-16,19-24H,7-8,17-18H2,1-6H3,(H6,45,46,47,53,54,55,56,57,59,60)/p+1. The number of nitrogens with zero attached hydrogens (tertiary/aromatic N) is 6. The molecule has 14 nitrogen and oxygen atoms in total. The van der Waals surface area contributed by atoms with E-state index >= 15 is 0 Å². The van der Waals surface area contributed by atoms with E-state index in [-0.39, 0.29) is 54.0 Å². The lowest BCUT2D eigenvalue weighted by Gasteiger charge is -2.17. The monoisotopic (exact) mass is 847 g/mol. The van der Waals surface area contributed by atoms with Crippen LogP contribution in [0.25, 0.3) is 56.0 Å². The number of benzene rings is 4. The summed E-state index contributed by atoms with van der Waals surface area (Å²) in [6.07, 6.45) is 5.01. The van der Waals surface area contributed by atoms with E-state index in [0.29, 0.717) is 73.2 Å². The normalized spacial score (nSPS) is 11.9. The Morgan fingerprint density at radius 2 is 1.33 bits per heavy atom.